The van der Waals surface area contributed by atoms with Gasteiger partial charge in [0.2, 0.25) is 0 Å². The molecule has 6 heteroatoms. The Labute approximate surface area is 143 Å². The third kappa shape index (κ3) is 2.36. The highest BCUT2D eigenvalue weighted by atomic mass is 32.1. The second-order valence-electron chi connectivity index (χ2n) is 4.82. The van der Waals surface area contributed by atoms with Crippen LogP contribution in [0.3, 0.4) is 0 Å². The molecule has 0 aliphatic rings. The average Bonchev–Trinajstić information content (AvgIpc) is 3.26. The molecule has 4 rings (SSSR count). The maximum absolute atomic E-state index is 9.41. The van der Waals surface area contributed by atoms with Gasteiger partial charge in [0.25, 0.3) is 0 Å². The minimum Gasteiger partial charge on any atom is -0.392 e. The van der Waals surface area contributed by atoms with Crippen LogP contribution < -0.4 is 0 Å². The summed E-state index contributed by atoms with van der Waals surface area (Å²) >= 11 is 6.89. The summed E-state index contributed by atoms with van der Waals surface area (Å²) in [7, 11) is 0. The summed E-state index contributed by atoms with van der Waals surface area (Å²) in [5.74, 6) is 0. The van der Waals surface area contributed by atoms with Crippen LogP contribution in [0.2, 0.25) is 0 Å². The third-order valence-corrected chi connectivity index (χ3v) is 8.06. The van der Waals surface area contributed by atoms with E-state index in [1.807, 2.05) is 22.9 Å². The SMILES string of the molecule is OCc1ccsc1-c1cc2sc(-c3sccc3CO)cc2s1. The molecular weight excluding hydrogens is 352 g/mol. The van der Waals surface area contributed by atoms with Crippen LogP contribution in [0.15, 0.2) is 35.0 Å². The normalized spacial score (nSPS) is 11.5. The molecule has 0 spiro atoms. The van der Waals surface area contributed by atoms with E-state index in [2.05, 4.69) is 12.1 Å². The van der Waals surface area contributed by atoms with Crippen molar-refractivity contribution in [2.75, 3.05) is 0 Å². The van der Waals surface area contributed by atoms with Crippen molar-refractivity contribution in [1.29, 1.82) is 0 Å². The molecule has 0 atom stereocenters. The van der Waals surface area contributed by atoms with Gasteiger partial charge in [-0.15, -0.1) is 45.3 Å². The van der Waals surface area contributed by atoms with Crippen molar-refractivity contribution < 1.29 is 10.2 Å². The molecule has 2 nitrogen and oxygen atoms in total. The summed E-state index contributed by atoms with van der Waals surface area (Å²) in [6.45, 7) is 0.176. The zero-order chi connectivity index (χ0) is 15.1. The first kappa shape index (κ1) is 14.6. The second kappa shape index (κ2) is 5.88. The molecule has 2 N–H and O–H groups in total. The summed E-state index contributed by atoms with van der Waals surface area (Å²) < 4.78 is 2.54. The predicted octanol–water partition coefficient (Wildman–Crippen LogP) is 5.40. The first-order valence-electron chi connectivity index (χ1n) is 6.68. The van der Waals surface area contributed by atoms with Crippen molar-refractivity contribution in [2.45, 2.75) is 13.2 Å². The summed E-state index contributed by atoms with van der Waals surface area (Å²) in [6.07, 6.45) is 0. The van der Waals surface area contributed by atoms with Crippen molar-refractivity contribution in [1.82, 2.24) is 0 Å². The van der Waals surface area contributed by atoms with Gasteiger partial charge in [0.05, 0.1) is 13.2 Å². The Morgan fingerprint density at radius 1 is 0.727 bits per heavy atom. The molecule has 0 aliphatic carbocycles. The number of fused-ring (bicyclic) bond motifs is 1. The highest BCUT2D eigenvalue weighted by molar-refractivity contribution is 7.33. The lowest BCUT2D eigenvalue weighted by molar-refractivity contribution is 0.282. The number of rotatable bonds is 4. The highest BCUT2D eigenvalue weighted by Crippen LogP contribution is 2.45. The maximum atomic E-state index is 9.41. The predicted molar refractivity (Wildman–Crippen MR) is 98.2 cm³/mol. The Bertz CT molecular complexity index is 822. The Kier molecular flexibility index (Phi) is 3.89. The molecule has 0 aromatic carbocycles. The molecule has 0 fully saturated rings. The molecule has 0 unspecified atom stereocenters. The Hall–Kier alpha value is -1.02. The second-order valence-corrected chi connectivity index (χ2v) is 8.82. The number of aliphatic hydroxyl groups excluding tert-OH is 2. The average molecular weight is 365 g/mol. The molecule has 0 bridgehead atoms. The van der Waals surface area contributed by atoms with Gasteiger partial charge in [-0.2, -0.15) is 0 Å². The van der Waals surface area contributed by atoms with Crippen molar-refractivity contribution in [3.05, 3.63) is 46.2 Å². The molecule has 0 saturated heterocycles. The number of thiophene rings is 4. The Balaban J connectivity index is 1.77. The summed E-state index contributed by atoms with van der Waals surface area (Å²) in [5, 5.41) is 22.9. The van der Waals surface area contributed by atoms with Gasteiger partial charge in [-0.1, -0.05) is 0 Å². The van der Waals surface area contributed by atoms with Crippen LogP contribution in [0.5, 0.6) is 0 Å². The van der Waals surface area contributed by atoms with Gasteiger partial charge in [0.15, 0.2) is 0 Å². The van der Waals surface area contributed by atoms with Gasteiger partial charge in [0.1, 0.15) is 0 Å². The number of hydrogen-bond acceptors (Lipinski definition) is 6. The molecule has 0 aliphatic heterocycles. The van der Waals surface area contributed by atoms with Crippen LogP contribution in [-0.2, 0) is 13.2 Å². The van der Waals surface area contributed by atoms with E-state index in [-0.39, 0.29) is 13.2 Å². The summed E-state index contributed by atoms with van der Waals surface area (Å²) in [5.41, 5.74) is 2.00. The van der Waals surface area contributed by atoms with Crippen LogP contribution in [-0.4, -0.2) is 10.2 Å². The van der Waals surface area contributed by atoms with Gasteiger partial charge in [-0.05, 0) is 46.2 Å². The monoisotopic (exact) mass is 364 g/mol. The third-order valence-electron chi connectivity index (χ3n) is 3.49. The first-order chi connectivity index (χ1) is 10.8. The zero-order valence-electron chi connectivity index (χ0n) is 11.4. The van der Waals surface area contributed by atoms with Gasteiger partial charge in [0, 0.05) is 28.9 Å². The van der Waals surface area contributed by atoms with E-state index in [0.717, 1.165) is 11.1 Å². The number of hydrogen-bond donors (Lipinski definition) is 2. The largest absolute Gasteiger partial charge is 0.392 e. The first-order valence-corrected chi connectivity index (χ1v) is 10.1. The fourth-order valence-electron chi connectivity index (χ4n) is 2.41. The Morgan fingerprint density at radius 2 is 1.18 bits per heavy atom. The van der Waals surface area contributed by atoms with Crippen molar-refractivity contribution >= 4 is 54.7 Å². The molecule has 4 heterocycles. The van der Waals surface area contributed by atoms with E-state index < -0.39 is 0 Å². The van der Waals surface area contributed by atoms with E-state index in [9.17, 15) is 10.2 Å². The van der Waals surface area contributed by atoms with E-state index in [0.29, 0.717) is 0 Å². The lowest BCUT2D eigenvalue weighted by Crippen LogP contribution is -1.80. The van der Waals surface area contributed by atoms with Gasteiger partial charge < -0.3 is 10.2 Å². The van der Waals surface area contributed by atoms with Gasteiger partial charge in [-0.3, -0.25) is 0 Å². The van der Waals surface area contributed by atoms with Crippen molar-refractivity contribution in [3.63, 3.8) is 0 Å². The molecule has 4 aromatic heterocycles. The lowest BCUT2D eigenvalue weighted by atomic mass is 10.2. The van der Waals surface area contributed by atoms with Crippen molar-refractivity contribution in [2.24, 2.45) is 0 Å². The maximum Gasteiger partial charge on any atom is 0.0696 e. The van der Waals surface area contributed by atoms with Crippen LogP contribution in [0.1, 0.15) is 11.1 Å². The molecule has 4 aromatic rings. The van der Waals surface area contributed by atoms with Crippen LogP contribution >= 0.6 is 45.3 Å². The van der Waals surface area contributed by atoms with E-state index in [1.54, 1.807) is 45.3 Å². The number of aliphatic hydroxyl groups is 2. The molecule has 0 radical (unpaired) electrons. The Morgan fingerprint density at radius 3 is 1.59 bits per heavy atom. The van der Waals surface area contributed by atoms with E-state index in [4.69, 9.17) is 0 Å². The van der Waals surface area contributed by atoms with Crippen LogP contribution in [0, 0.1) is 0 Å². The lowest BCUT2D eigenvalue weighted by Gasteiger charge is -1.97. The summed E-state index contributed by atoms with van der Waals surface area (Å²) in [4.78, 5) is 4.79. The molecule has 0 saturated carbocycles. The molecule has 0 amide bonds. The summed E-state index contributed by atoms with van der Waals surface area (Å²) in [6, 6.07) is 8.40. The molecule has 22 heavy (non-hydrogen) atoms. The minimum absolute atomic E-state index is 0.0880. The standard InChI is InChI=1S/C16H12O2S4/c17-7-9-1-3-19-15(9)13-5-11-12(21-13)6-14(22-11)16-10(8-18)2-4-20-16/h1-6,17-18H,7-8H2. The fourth-order valence-corrected chi connectivity index (χ4v) is 6.95. The van der Waals surface area contributed by atoms with Crippen molar-refractivity contribution in [3.8, 4) is 19.5 Å². The van der Waals surface area contributed by atoms with Crippen LogP contribution in [0.25, 0.3) is 28.9 Å². The van der Waals surface area contributed by atoms with Crippen LogP contribution in [0.4, 0.5) is 0 Å². The smallest absolute Gasteiger partial charge is 0.0696 e. The highest BCUT2D eigenvalue weighted by Gasteiger charge is 2.15. The minimum atomic E-state index is 0.0880. The van der Waals surface area contributed by atoms with E-state index in [1.165, 1.54) is 28.9 Å². The molecule has 112 valence electrons. The fraction of sp³-hybridized carbons (Fsp3) is 0.125. The molecular formula is C16H12O2S4. The van der Waals surface area contributed by atoms with E-state index >= 15 is 0 Å². The van der Waals surface area contributed by atoms with Gasteiger partial charge >= 0.3 is 0 Å². The zero-order valence-corrected chi connectivity index (χ0v) is 14.7. The quantitative estimate of drug-likeness (QED) is 0.509. The van der Waals surface area contributed by atoms with Gasteiger partial charge in [-0.25, -0.2) is 0 Å². The topological polar surface area (TPSA) is 40.5 Å².